The van der Waals surface area contributed by atoms with Crippen molar-refractivity contribution in [2.24, 2.45) is 11.7 Å². The number of hydrogen-bond acceptors (Lipinski definition) is 5. The SMILES string of the molecule is COc1cc([N+](=O)[O-])ccc1NC(=O)[C@H](N)C(C)C. The normalized spacial score (nSPS) is 12.1. The van der Waals surface area contributed by atoms with Crippen molar-refractivity contribution in [3.05, 3.63) is 28.3 Å². The Morgan fingerprint density at radius 2 is 2.11 bits per heavy atom. The lowest BCUT2D eigenvalue weighted by Crippen LogP contribution is -2.39. The summed E-state index contributed by atoms with van der Waals surface area (Å²) in [6.07, 6.45) is 0. The van der Waals surface area contributed by atoms with Gasteiger partial charge in [-0.2, -0.15) is 0 Å². The van der Waals surface area contributed by atoms with E-state index in [0.717, 1.165) is 0 Å². The van der Waals surface area contributed by atoms with Gasteiger partial charge >= 0.3 is 0 Å². The number of nitrogens with one attached hydrogen (secondary N) is 1. The molecular formula is C12H17N3O4. The van der Waals surface area contributed by atoms with Gasteiger partial charge in [-0.1, -0.05) is 13.8 Å². The first kappa shape index (κ1) is 14.9. The lowest BCUT2D eigenvalue weighted by molar-refractivity contribution is -0.384. The number of anilines is 1. The highest BCUT2D eigenvalue weighted by atomic mass is 16.6. The number of benzene rings is 1. The van der Waals surface area contributed by atoms with Crippen molar-refractivity contribution >= 4 is 17.3 Å². The fourth-order valence-electron chi connectivity index (χ4n) is 1.42. The van der Waals surface area contributed by atoms with E-state index in [2.05, 4.69) is 5.32 Å². The Morgan fingerprint density at radius 1 is 1.47 bits per heavy atom. The average molecular weight is 267 g/mol. The maximum absolute atomic E-state index is 11.8. The monoisotopic (exact) mass is 267 g/mol. The van der Waals surface area contributed by atoms with Gasteiger partial charge in [-0.15, -0.1) is 0 Å². The molecule has 1 aromatic rings. The number of nitrogens with zero attached hydrogens (tertiary/aromatic N) is 1. The molecule has 0 unspecified atom stereocenters. The minimum Gasteiger partial charge on any atom is -0.494 e. The molecule has 0 aliphatic heterocycles. The van der Waals surface area contributed by atoms with Crippen LogP contribution in [0.3, 0.4) is 0 Å². The van der Waals surface area contributed by atoms with Crippen molar-refractivity contribution in [3.63, 3.8) is 0 Å². The van der Waals surface area contributed by atoms with Crippen LogP contribution in [0, 0.1) is 16.0 Å². The smallest absolute Gasteiger partial charge is 0.273 e. The van der Waals surface area contributed by atoms with Gasteiger partial charge in [0.15, 0.2) is 0 Å². The molecule has 0 radical (unpaired) electrons. The van der Waals surface area contributed by atoms with Gasteiger partial charge in [0.05, 0.1) is 29.8 Å². The molecule has 0 spiro atoms. The van der Waals surface area contributed by atoms with E-state index < -0.39 is 11.0 Å². The maximum atomic E-state index is 11.8. The first-order valence-corrected chi connectivity index (χ1v) is 5.75. The minimum atomic E-state index is -0.653. The average Bonchev–Trinajstić information content (AvgIpc) is 2.37. The van der Waals surface area contributed by atoms with Crippen LogP contribution < -0.4 is 15.8 Å². The van der Waals surface area contributed by atoms with Crippen LogP contribution in [0.2, 0.25) is 0 Å². The quantitative estimate of drug-likeness (QED) is 0.621. The number of nitro groups is 1. The predicted octanol–water partition coefficient (Wildman–Crippen LogP) is 1.53. The molecule has 104 valence electrons. The second-order valence-electron chi connectivity index (χ2n) is 4.40. The van der Waals surface area contributed by atoms with Crippen LogP contribution in [-0.2, 0) is 4.79 Å². The third-order valence-electron chi connectivity index (χ3n) is 2.67. The zero-order valence-corrected chi connectivity index (χ0v) is 11.0. The molecule has 0 bridgehead atoms. The standard InChI is InChI=1S/C12H17N3O4/c1-7(2)11(13)12(16)14-9-5-4-8(15(17)18)6-10(9)19-3/h4-7,11H,13H2,1-3H3,(H,14,16)/t11-/m1/s1. The Labute approximate surface area is 110 Å². The Bertz CT molecular complexity index is 488. The van der Waals surface area contributed by atoms with E-state index in [4.69, 9.17) is 10.5 Å². The van der Waals surface area contributed by atoms with Crippen molar-refractivity contribution in [1.29, 1.82) is 0 Å². The molecule has 3 N–H and O–H groups in total. The van der Waals surface area contributed by atoms with Crippen LogP contribution in [0.4, 0.5) is 11.4 Å². The molecule has 7 heteroatoms. The second kappa shape index (κ2) is 6.14. The Hall–Kier alpha value is -2.15. The first-order chi connectivity index (χ1) is 8.86. The first-order valence-electron chi connectivity index (χ1n) is 5.75. The summed E-state index contributed by atoms with van der Waals surface area (Å²) in [6.45, 7) is 3.66. The molecule has 7 nitrogen and oxygen atoms in total. The van der Waals surface area contributed by atoms with Crippen molar-refractivity contribution in [1.82, 2.24) is 0 Å². The van der Waals surface area contributed by atoms with Gasteiger partial charge < -0.3 is 15.8 Å². The fraction of sp³-hybridized carbons (Fsp3) is 0.417. The second-order valence-corrected chi connectivity index (χ2v) is 4.40. The zero-order valence-electron chi connectivity index (χ0n) is 11.0. The number of carbonyl (C=O) groups excluding carboxylic acids is 1. The largest absolute Gasteiger partial charge is 0.494 e. The molecule has 0 aromatic heterocycles. The molecule has 19 heavy (non-hydrogen) atoms. The van der Waals surface area contributed by atoms with E-state index in [1.807, 2.05) is 13.8 Å². The summed E-state index contributed by atoms with van der Waals surface area (Å²) in [6, 6.07) is 3.30. The maximum Gasteiger partial charge on any atom is 0.273 e. The molecule has 1 rings (SSSR count). The highest BCUT2D eigenvalue weighted by Crippen LogP contribution is 2.29. The Balaban J connectivity index is 2.95. The molecular weight excluding hydrogens is 250 g/mol. The third kappa shape index (κ3) is 3.65. The highest BCUT2D eigenvalue weighted by molar-refractivity contribution is 5.96. The van der Waals surface area contributed by atoms with Crippen molar-refractivity contribution in [3.8, 4) is 5.75 Å². The summed E-state index contributed by atoms with van der Waals surface area (Å²) in [5.41, 5.74) is 5.96. The van der Waals surface area contributed by atoms with E-state index in [1.54, 1.807) is 0 Å². The number of non-ortho nitro benzene ring substituents is 1. The molecule has 1 atom stereocenters. The Kier molecular flexibility index (Phi) is 4.82. The van der Waals surface area contributed by atoms with E-state index in [1.165, 1.54) is 25.3 Å². The van der Waals surface area contributed by atoms with Gasteiger partial charge in [0, 0.05) is 6.07 Å². The molecule has 1 amide bonds. The number of carbonyl (C=O) groups is 1. The van der Waals surface area contributed by atoms with Crippen LogP contribution in [0.5, 0.6) is 5.75 Å². The number of nitro benzene ring substituents is 1. The summed E-state index contributed by atoms with van der Waals surface area (Å²) in [7, 11) is 1.37. The topological polar surface area (TPSA) is 107 Å². The zero-order chi connectivity index (χ0) is 14.6. The van der Waals surface area contributed by atoms with E-state index in [0.29, 0.717) is 5.69 Å². The van der Waals surface area contributed by atoms with Gasteiger partial charge in [-0.3, -0.25) is 14.9 Å². The van der Waals surface area contributed by atoms with Gasteiger partial charge in [-0.25, -0.2) is 0 Å². The molecule has 0 aliphatic rings. The van der Waals surface area contributed by atoms with Gasteiger partial charge in [0.1, 0.15) is 5.75 Å². The van der Waals surface area contributed by atoms with Crippen LogP contribution in [0.1, 0.15) is 13.8 Å². The number of methoxy groups -OCH3 is 1. The number of amides is 1. The Morgan fingerprint density at radius 3 is 2.58 bits per heavy atom. The number of hydrogen-bond donors (Lipinski definition) is 2. The van der Waals surface area contributed by atoms with E-state index in [9.17, 15) is 14.9 Å². The van der Waals surface area contributed by atoms with Gasteiger partial charge in [-0.05, 0) is 12.0 Å². The van der Waals surface area contributed by atoms with Gasteiger partial charge in [0.2, 0.25) is 5.91 Å². The number of ether oxygens (including phenoxy) is 1. The van der Waals surface area contributed by atoms with E-state index >= 15 is 0 Å². The van der Waals surface area contributed by atoms with Crippen molar-refractivity contribution < 1.29 is 14.5 Å². The summed E-state index contributed by atoms with van der Waals surface area (Å²) >= 11 is 0. The molecule has 0 saturated carbocycles. The third-order valence-corrected chi connectivity index (χ3v) is 2.67. The molecule has 0 fully saturated rings. The summed E-state index contributed by atoms with van der Waals surface area (Å²) < 4.78 is 5.02. The molecule has 1 aromatic carbocycles. The molecule has 0 saturated heterocycles. The summed E-state index contributed by atoms with van der Waals surface area (Å²) in [5, 5.41) is 13.2. The van der Waals surface area contributed by atoms with Crippen LogP contribution in [0.25, 0.3) is 0 Å². The van der Waals surface area contributed by atoms with Crippen molar-refractivity contribution in [2.75, 3.05) is 12.4 Å². The predicted molar refractivity (Wildman–Crippen MR) is 71.1 cm³/mol. The molecule has 0 aliphatic carbocycles. The summed E-state index contributed by atoms with van der Waals surface area (Å²) in [4.78, 5) is 21.9. The summed E-state index contributed by atoms with van der Waals surface area (Å²) in [5.74, 6) is -0.148. The number of rotatable bonds is 5. The van der Waals surface area contributed by atoms with Crippen LogP contribution >= 0.6 is 0 Å². The lowest BCUT2D eigenvalue weighted by Gasteiger charge is -2.16. The van der Waals surface area contributed by atoms with Crippen LogP contribution in [-0.4, -0.2) is 24.0 Å². The lowest BCUT2D eigenvalue weighted by atomic mass is 10.0. The minimum absolute atomic E-state index is 0.0101. The molecule has 0 heterocycles. The highest BCUT2D eigenvalue weighted by Gasteiger charge is 2.19. The van der Waals surface area contributed by atoms with E-state index in [-0.39, 0.29) is 23.3 Å². The van der Waals surface area contributed by atoms with Crippen LogP contribution in [0.15, 0.2) is 18.2 Å². The van der Waals surface area contributed by atoms with Gasteiger partial charge in [0.25, 0.3) is 5.69 Å². The van der Waals surface area contributed by atoms with Crippen molar-refractivity contribution in [2.45, 2.75) is 19.9 Å². The number of nitrogens with two attached hydrogens (primary N) is 1. The fourth-order valence-corrected chi connectivity index (χ4v) is 1.42.